The number of aromatic amines is 1. The lowest BCUT2D eigenvalue weighted by Crippen LogP contribution is -2.29. The Bertz CT molecular complexity index is 1130. The highest BCUT2D eigenvalue weighted by Crippen LogP contribution is 2.13. The van der Waals surface area contributed by atoms with Crippen molar-refractivity contribution < 1.29 is 0 Å². The van der Waals surface area contributed by atoms with Crippen molar-refractivity contribution in [3.8, 4) is 5.82 Å². The third kappa shape index (κ3) is 1.83. The van der Waals surface area contributed by atoms with Crippen LogP contribution in [0.5, 0.6) is 0 Å². The maximum absolute atomic E-state index is 12.6. The second-order valence-electron chi connectivity index (χ2n) is 4.99. The van der Waals surface area contributed by atoms with E-state index >= 15 is 0 Å². The van der Waals surface area contributed by atoms with E-state index in [1.165, 1.54) is 4.68 Å². The van der Waals surface area contributed by atoms with Gasteiger partial charge in [0.1, 0.15) is 0 Å². The SMILES string of the molecule is O=c1[nH]n(-c2ccc3ccccc3n2)c(=O)c2ccccc12. The minimum Gasteiger partial charge on any atom is -0.267 e. The average Bonchev–Trinajstić information content (AvgIpc) is 2.58. The first-order chi connectivity index (χ1) is 10.7. The molecule has 5 nitrogen and oxygen atoms in total. The summed E-state index contributed by atoms with van der Waals surface area (Å²) in [6, 6.07) is 17.9. The maximum Gasteiger partial charge on any atom is 0.279 e. The van der Waals surface area contributed by atoms with Crippen molar-refractivity contribution in [2.45, 2.75) is 0 Å². The lowest BCUT2D eigenvalue weighted by Gasteiger charge is -2.07. The van der Waals surface area contributed by atoms with Gasteiger partial charge in [0.05, 0.1) is 16.3 Å². The van der Waals surface area contributed by atoms with Crippen molar-refractivity contribution in [3.63, 3.8) is 0 Å². The van der Waals surface area contributed by atoms with Gasteiger partial charge in [0.2, 0.25) is 0 Å². The monoisotopic (exact) mass is 289 g/mol. The summed E-state index contributed by atoms with van der Waals surface area (Å²) in [6.07, 6.45) is 0. The molecular formula is C17H11N3O2. The smallest absolute Gasteiger partial charge is 0.267 e. The predicted molar refractivity (Wildman–Crippen MR) is 85.5 cm³/mol. The predicted octanol–water partition coefficient (Wildman–Crippen LogP) is 2.23. The van der Waals surface area contributed by atoms with Crippen LogP contribution in [0.4, 0.5) is 0 Å². The molecule has 1 N–H and O–H groups in total. The second kappa shape index (κ2) is 4.66. The summed E-state index contributed by atoms with van der Waals surface area (Å²) in [4.78, 5) is 29.2. The zero-order chi connectivity index (χ0) is 15.1. The van der Waals surface area contributed by atoms with Crippen molar-refractivity contribution in [2.24, 2.45) is 0 Å². The molecule has 0 aliphatic heterocycles. The van der Waals surface area contributed by atoms with E-state index < -0.39 is 0 Å². The fourth-order valence-electron chi connectivity index (χ4n) is 2.54. The summed E-state index contributed by atoms with van der Waals surface area (Å²) in [6.45, 7) is 0. The van der Waals surface area contributed by atoms with Gasteiger partial charge >= 0.3 is 0 Å². The number of fused-ring (bicyclic) bond motifs is 2. The van der Waals surface area contributed by atoms with Gasteiger partial charge in [0, 0.05) is 5.39 Å². The van der Waals surface area contributed by atoms with Crippen molar-refractivity contribution >= 4 is 21.7 Å². The molecule has 0 radical (unpaired) electrons. The maximum atomic E-state index is 12.6. The van der Waals surface area contributed by atoms with Crippen LogP contribution in [-0.4, -0.2) is 14.8 Å². The van der Waals surface area contributed by atoms with Gasteiger partial charge in [-0.25, -0.2) is 4.98 Å². The zero-order valence-electron chi connectivity index (χ0n) is 11.5. The van der Waals surface area contributed by atoms with Gasteiger partial charge in [0.15, 0.2) is 5.82 Å². The van der Waals surface area contributed by atoms with Crippen LogP contribution in [-0.2, 0) is 0 Å². The summed E-state index contributed by atoms with van der Waals surface area (Å²) >= 11 is 0. The molecule has 0 spiro atoms. The lowest BCUT2D eigenvalue weighted by molar-refractivity contribution is 0.781. The van der Waals surface area contributed by atoms with Crippen molar-refractivity contribution in [1.82, 2.24) is 14.8 Å². The molecule has 0 aliphatic carbocycles. The molecular weight excluding hydrogens is 278 g/mol. The number of benzene rings is 2. The lowest BCUT2D eigenvalue weighted by atomic mass is 10.2. The molecule has 2 aromatic heterocycles. The molecule has 0 amide bonds. The van der Waals surface area contributed by atoms with Gasteiger partial charge in [-0.2, -0.15) is 4.68 Å². The van der Waals surface area contributed by atoms with Gasteiger partial charge in [-0.05, 0) is 30.3 Å². The topological polar surface area (TPSA) is 67.8 Å². The third-order valence-electron chi connectivity index (χ3n) is 3.63. The molecule has 0 atom stereocenters. The van der Waals surface area contributed by atoms with Crippen LogP contribution in [0.25, 0.3) is 27.5 Å². The van der Waals surface area contributed by atoms with Crippen LogP contribution < -0.4 is 11.1 Å². The molecule has 0 saturated carbocycles. The van der Waals surface area contributed by atoms with Crippen LogP contribution in [0.2, 0.25) is 0 Å². The van der Waals surface area contributed by atoms with Crippen LogP contribution in [0, 0.1) is 0 Å². The fraction of sp³-hybridized carbons (Fsp3) is 0. The van der Waals surface area contributed by atoms with Crippen molar-refractivity contribution in [3.05, 3.63) is 81.4 Å². The number of nitrogens with one attached hydrogen (secondary N) is 1. The Labute approximate surface area is 124 Å². The Morgan fingerprint density at radius 3 is 2.41 bits per heavy atom. The highest BCUT2D eigenvalue weighted by molar-refractivity contribution is 5.81. The second-order valence-corrected chi connectivity index (χ2v) is 4.99. The Kier molecular flexibility index (Phi) is 2.66. The molecule has 2 heterocycles. The first-order valence-corrected chi connectivity index (χ1v) is 6.84. The Morgan fingerprint density at radius 1 is 0.818 bits per heavy atom. The molecule has 0 aliphatic rings. The van der Waals surface area contributed by atoms with Crippen molar-refractivity contribution in [1.29, 1.82) is 0 Å². The number of nitrogens with zero attached hydrogens (tertiary/aromatic N) is 2. The normalized spacial score (nSPS) is 11.1. The molecule has 4 rings (SSSR count). The largest absolute Gasteiger partial charge is 0.279 e. The summed E-state index contributed by atoms with van der Waals surface area (Å²) in [5.41, 5.74) is 0.157. The molecule has 2 aromatic carbocycles. The summed E-state index contributed by atoms with van der Waals surface area (Å²) in [5, 5.41) is 4.32. The first-order valence-electron chi connectivity index (χ1n) is 6.84. The molecule has 4 aromatic rings. The van der Waals surface area contributed by atoms with E-state index in [0.29, 0.717) is 16.6 Å². The number of hydrogen-bond donors (Lipinski definition) is 1. The summed E-state index contributed by atoms with van der Waals surface area (Å²) in [5.74, 6) is 0.395. The number of para-hydroxylation sites is 1. The number of H-pyrrole nitrogens is 1. The minimum atomic E-state index is -0.315. The average molecular weight is 289 g/mol. The Morgan fingerprint density at radius 2 is 1.55 bits per heavy atom. The molecule has 0 unspecified atom stereocenters. The quantitative estimate of drug-likeness (QED) is 0.584. The van der Waals surface area contributed by atoms with E-state index in [1.807, 2.05) is 30.3 Å². The fourth-order valence-corrected chi connectivity index (χ4v) is 2.54. The minimum absolute atomic E-state index is 0.294. The molecule has 22 heavy (non-hydrogen) atoms. The molecule has 0 saturated heterocycles. The Balaban J connectivity index is 2.06. The number of hydrogen-bond acceptors (Lipinski definition) is 3. The van der Waals surface area contributed by atoms with Gasteiger partial charge < -0.3 is 0 Å². The number of rotatable bonds is 1. The molecule has 5 heteroatoms. The number of pyridine rings is 1. The van der Waals surface area contributed by atoms with Gasteiger partial charge in [-0.15, -0.1) is 0 Å². The van der Waals surface area contributed by atoms with Gasteiger partial charge in [-0.3, -0.25) is 14.7 Å². The van der Waals surface area contributed by atoms with Crippen LogP contribution in [0.15, 0.2) is 70.3 Å². The standard InChI is InChI=1S/C17H11N3O2/c21-16-12-6-2-3-7-13(12)17(22)20(19-16)15-10-9-11-5-1-4-8-14(11)18-15/h1-10H,(H,19,21). The molecule has 0 fully saturated rings. The van der Waals surface area contributed by atoms with Crippen LogP contribution >= 0.6 is 0 Å². The molecule has 106 valence electrons. The highest BCUT2D eigenvalue weighted by Gasteiger charge is 2.09. The van der Waals surface area contributed by atoms with Gasteiger partial charge in [-0.1, -0.05) is 30.3 Å². The van der Waals surface area contributed by atoms with Crippen molar-refractivity contribution in [2.75, 3.05) is 0 Å². The first kappa shape index (κ1) is 12.5. The highest BCUT2D eigenvalue weighted by atomic mass is 16.2. The van der Waals surface area contributed by atoms with E-state index in [9.17, 15) is 9.59 Å². The summed E-state index contributed by atoms with van der Waals surface area (Å²) in [7, 11) is 0. The van der Waals surface area contributed by atoms with E-state index in [0.717, 1.165) is 10.9 Å². The van der Waals surface area contributed by atoms with Crippen LogP contribution in [0.3, 0.4) is 0 Å². The van der Waals surface area contributed by atoms with Crippen LogP contribution in [0.1, 0.15) is 0 Å². The molecule has 0 bridgehead atoms. The zero-order valence-corrected chi connectivity index (χ0v) is 11.5. The summed E-state index contributed by atoms with van der Waals surface area (Å²) < 4.78 is 1.19. The third-order valence-corrected chi connectivity index (χ3v) is 3.63. The van der Waals surface area contributed by atoms with E-state index in [1.54, 1.807) is 30.3 Å². The van der Waals surface area contributed by atoms with E-state index in [2.05, 4.69) is 10.1 Å². The van der Waals surface area contributed by atoms with E-state index in [4.69, 9.17) is 0 Å². The Hall–Kier alpha value is -3.21. The van der Waals surface area contributed by atoms with Gasteiger partial charge in [0.25, 0.3) is 11.1 Å². The number of aromatic nitrogens is 3. The van der Waals surface area contributed by atoms with E-state index in [-0.39, 0.29) is 11.1 Å².